The zero-order valence-electron chi connectivity index (χ0n) is 25.0. The molecule has 0 saturated carbocycles. The van der Waals surface area contributed by atoms with Gasteiger partial charge in [-0.25, -0.2) is 9.78 Å². The maximum Gasteiger partial charge on any atom is 0.321 e. The van der Waals surface area contributed by atoms with Gasteiger partial charge in [-0.05, 0) is 30.5 Å². The molecule has 3 amide bonds. The van der Waals surface area contributed by atoms with E-state index in [0.717, 1.165) is 10.8 Å². The summed E-state index contributed by atoms with van der Waals surface area (Å²) >= 11 is 0. The average Bonchev–Trinajstić information content (AvgIpc) is 3.46. The number of sulfonamides is 1. The predicted molar refractivity (Wildman–Crippen MR) is 167 cm³/mol. The molecule has 0 unspecified atom stereocenters. The van der Waals surface area contributed by atoms with Gasteiger partial charge in [0.15, 0.2) is 10.8 Å². The van der Waals surface area contributed by atoms with Gasteiger partial charge >= 0.3 is 6.03 Å². The number of aliphatic hydroxyl groups is 1. The summed E-state index contributed by atoms with van der Waals surface area (Å²) in [5.41, 5.74) is 0.850. The lowest BCUT2D eigenvalue weighted by Gasteiger charge is -2.38. The van der Waals surface area contributed by atoms with Crippen LogP contribution in [0.25, 0.3) is 10.8 Å². The van der Waals surface area contributed by atoms with Crippen LogP contribution in [0.4, 0.5) is 16.2 Å². The van der Waals surface area contributed by atoms with Gasteiger partial charge in [0.05, 0.1) is 42.5 Å². The van der Waals surface area contributed by atoms with Gasteiger partial charge in [-0.2, -0.15) is 8.42 Å². The minimum Gasteiger partial charge on any atom is -0.485 e. The van der Waals surface area contributed by atoms with E-state index in [4.69, 9.17) is 4.74 Å². The molecule has 0 fully saturated rings. The average molecular weight is 621 g/mol. The van der Waals surface area contributed by atoms with Crippen LogP contribution in [0.5, 0.6) is 5.75 Å². The molecule has 1 aliphatic heterocycles. The number of rotatable bonds is 8. The predicted octanol–water partition coefficient (Wildman–Crippen LogP) is 3.76. The number of nitrogens with zero attached hydrogens (tertiary/aromatic N) is 4. The second-order valence-electron chi connectivity index (χ2n) is 11.1. The van der Waals surface area contributed by atoms with Crippen molar-refractivity contribution < 1.29 is 27.9 Å². The van der Waals surface area contributed by atoms with E-state index in [1.807, 2.05) is 49.4 Å². The van der Waals surface area contributed by atoms with Crippen LogP contribution in [0, 0.1) is 5.92 Å². The lowest BCUT2D eigenvalue weighted by Crippen LogP contribution is -2.50. The number of hydrogen-bond acceptors (Lipinski definition) is 7. The molecule has 1 aromatic heterocycles. The Bertz CT molecular complexity index is 1790. The zero-order valence-corrected chi connectivity index (χ0v) is 25.8. The number of urea groups is 1. The molecule has 232 valence electrons. The quantitative estimate of drug-likeness (QED) is 0.272. The Morgan fingerprint density at radius 1 is 1.14 bits per heavy atom. The molecule has 3 aromatic carbocycles. The van der Waals surface area contributed by atoms with Gasteiger partial charge in [0.1, 0.15) is 6.10 Å². The van der Waals surface area contributed by atoms with Gasteiger partial charge < -0.3 is 29.5 Å². The molecule has 0 spiro atoms. The monoisotopic (exact) mass is 620 g/mol. The molecule has 1 aliphatic rings. The molecule has 3 N–H and O–H groups in total. The van der Waals surface area contributed by atoms with E-state index < -0.39 is 28.1 Å². The highest BCUT2D eigenvalue weighted by Gasteiger charge is 2.35. The number of carbonyl (C=O) groups excluding carboxylic acids is 2. The molecule has 0 radical (unpaired) electrons. The Hall–Kier alpha value is -4.62. The van der Waals surface area contributed by atoms with Crippen LogP contribution >= 0.6 is 0 Å². The number of hydrogen-bond donors (Lipinski definition) is 3. The molecule has 3 atom stereocenters. The number of anilines is 2. The first-order valence-electron chi connectivity index (χ1n) is 14.2. The first kappa shape index (κ1) is 30.8. The van der Waals surface area contributed by atoms with Crippen molar-refractivity contribution in [2.45, 2.75) is 31.0 Å². The van der Waals surface area contributed by atoms with Crippen molar-refractivity contribution in [1.29, 1.82) is 0 Å². The Labute approximate surface area is 256 Å². The normalized spacial score (nSPS) is 17.7. The van der Waals surface area contributed by atoms with E-state index in [2.05, 4.69) is 15.0 Å². The van der Waals surface area contributed by atoms with E-state index in [-0.39, 0.29) is 53.7 Å². The highest BCUT2D eigenvalue weighted by molar-refractivity contribution is 7.92. The minimum atomic E-state index is -4.12. The maximum atomic E-state index is 13.7. The largest absolute Gasteiger partial charge is 0.485 e. The Balaban J connectivity index is 1.46. The van der Waals surface area contributed by atoms with Crippen molar-refractivity contribution >= 4 is 44.1 Å². The second kappa shape index (κ2) is 12.5. The number of amides is 3. The number of benzene rings is 3. The first-order chi connectivity index (χ1) is 21.0. The third-order valence-corrected chi connectivity index (χ3v) is 8.97. The number of fused-ring (bicyclic) bond motifs is 2. The number of aromatic nitrogens is 2. The summed E-state index contributed by atoms with van der Waals surface area (Å²) in [7, 11) is -0.822. The number of ether oxygens (including phenoxy) is 1. The molecular formula is C31H36N6O6S. The van der Waals surface area contributed by atoms with Crippen LogP contribution < -0.4 is 14.8 Å². The van der Waals surface area contributed by atoms with Gasteiger partial charge in [-0.15, -0.1) is 0 Å². The van der Waals surface area contributed by atoms with Gasteiger partial charge in [0.25, 0.3) is 15.9 Å². The number of para-hydroxylation sites is 1. The smallest absolute Gasteiger partial charge is 0.321 e. The first-order valence-corrected chi connectivity index (χ1v) is 15.7. The van der Waals surface area contributed by atoms with Gasteiger partial charge in [-0.3, -0.25) is 9.52 Å². The fraction of sp³-hybridized carbons (Fsp3) is 0.323. The fourth-order valence-electron chi connectivity index (χ4n) is 5.16. The fourth-order valence-corrected chi connectivity index (χ4v) is 6.21. The number of likely N-dealkylation sites (N-methyl/N-ethyl adjacent to an activating group) is 1. The van der Waals surface area contributed by atoms with E-state index in [1.54, 1.807) is 38.1 Å². The number of aryl methyl sites for hydroxylation is 1. The third kappa shape index (κ3) is 6.33. The molecule has 13 heteroatoms. The minimum absolute atomic E-state index is 0.0338. The van der Waals surface area contributed by atoms with Crippen molar-refractivity contribution in [3.05, 3.63) is 78.8 Å². The molecule has 2 heterocycles. The van der Waals surface area contributed by atoms with Crippen LogP contribution in [0.3, 0.4) is 0 Å². The molecule has 5 rings (SSSR count). The number of carbonyl (C=O) groups is 2. The Morgan fingerprint density at radius 3 is 2.57 bits per heavy atom. The molecule has 0 saturated heterocycles. The van der Waals surface area contributed by atoms with Gasteiger partial charge in [-0.1, -0.05) is 49.4 Å². The van der Waals surface area contributed by atoms with E-state index in [1.165, 1.54) is 28.1 Å². The van der Waals surface area contributed by atoms with Crippen LogP contribution in [-0.4, -0.2) is 83.7 Å². The molecule has 12 nitrogen and oxygen atoms in total. The highest BCUT2D eigenvalue weighted by Crippen LogP contribution is 2.36. The summed E-state index contributed by atoms with van der Waals surface area (Å²) in [5.74, 6) is -0.686. The lowest BCUT2D eigenvalue weighted by molar-refractivity contribution is 0.0373. The van der Waals surface area contributed by atoms with Gasteiger partial charge in [0, 0.05) is 38.1 Å². The number of aliphatic hydroxyl groups excluding tert-OH is 1. The number of imidazole rings is 1. The van der Waals surface area contributed by atoms with Crippen molar-refractivity contribution in [2.24, 2.45) is 13.0 Å². The van der Waals surface area contributed by atoms with Crippen molar-refractivity contribution in [1.82, 2.24) is 19.4 Å². The number of nitrogens with one attached hydrogen (secondary N) is 2. The van der Waals surface area contributed by atoms with Crippen molar-refractivity contribution in [2.75, 3.05) is 36.8 Å². The molecule has 0 bridgehead atoms. The summed E-state index contributed by atoms with van der Waals surface area (Å²) in [6.45, 7) is 3.72. The summed E-state index contributed by atoms with van der Waals surface area (Å²) in [4.78, 5) is 34.1. The highest BCUT2D eigenvalue weighted by atomic mass is 32.2. The van der Waals surface area contributed by atoms with E-state index in [0.29, 0.717) is 5.69 Å². The van der Waals surface area contributed by atoms with Crippen LogP contribution in [0.15, 0.2) is 78.2 Å². The van der Waals surface area contributed by atoms with E-state index >= 15 is 0 Å². The topological polar surface area (TPSA) is 146 Å². The summed E-state index contributed by atoms with van der Waals surface area (Å²) in [5, 5.41) is 14.6. The zero-order chi connectivity index (χ0) is 31.6. The SMILES string of the molecule is C[C@@H]1CN([C@H](C)CO)C(=O)c2cccc(NS(=O)(=O)c3cn(C)cn3)c2O[C@H]1CN(C)C(=O)Nc1cccc2ccccc12. The summed E-state index contributed by atoms with van der Waals surface area (Å²) in [6.07, 6.45) is 2.08. The molecule has 4 aromatic rings. The van der Waals surface area contributed by atoms with Crippen LogP contribution in [0.2, 0.25) is 0 Å². The van der Waals surface area contributed by atoms with Crippen LogP contribution in [0.1, 0.15) is 24.2 Å². The van der Waals surface area contributed by atoms with Crippen molar-refractivity contribution in [3.63, 3.8) is 0 Å². The Morgan fingerprint density at radius 2 is 1.84 bits per heavy atom. The maximum absolute atomic E-state index is 13.7. The lowest BCUT2D eigenvalue weighted by atomic mass is 9.99. The van der Waals surface area contributed by atoms with E-state index in [9.17, 15) is 23.1 Å². The Kier molecular flexibility index (Phi) is 8.79. The summed E-state index contributed by atoms with van der Waals surface area (Å²) < 4.78 is 36.9. The van der Waals surface area contributed by atoms with Gasteiger partial charge in [0.2, 0.25) is 0 Å². The molecule has 0 aliphatic carbocycles. The standard InChI is InChI=1S/C31H36N6O6S/c1-20-15-37(21(2)18-38)30(39)24-12-8-14-26(34-44(41,42)28-17-35(3)19-32-28)29(24)43-27(20)16-36(4)31(40)33-25-13-7-10-22-9-5-6-11-23(22)25/h5-14,17,19-21,27,34,38H,15-16,18H2,1-4H3,(H,33,40)/t20-,21-,27+/m1/s1. The third-order valence-electron chi connectivity index (χ3n) is 7.72. The summed E-state index contributed by atoms with van der Waals surface area (Å²) in [6, 6.07) is 17.2. The molecule has 44 heavy (non-hydrogen) atoms. The molecular weight excluding hydrogens is 584 g/mol. The van der Waals surface area contributed by atoms with Crippen LogP contribution in [-0.2, 0) is 17.1 Å². The second-order valence-corrected chi connectivity index (χ2v) is 12.8. The van der Waals surface area contributed by atoms with Crippen molar-refractivity contribution in [3.8, 4) is 5.75 Å².